The standard InChI is InChI=1S/C19H26FN9S/c1-11(27(3)4)16-25-26-19(29(16)14-9-7-13(20)8-10-14)30-12(2)15-22-17(21)24-18(23-15)28(5)6/h7-12H,1-6H3,(H2,21,22,23,24). The van der Waals surface area contributed by atoms with Crippen molar-refractivity contribution in [1.29, 1.82) is 0 Å². The number of hydrogen-bond acceptors (Lipinski definition) is 9. The van der Waals surface area contributed by atoms with E-state index >= 15 is 0 Å². The van der Waals surface area contributed by atoms with E-state index in [0.29, 0.717) is 16.9 Å². The predicted molar refractivity (Wildman–Crippen MR) is 116 cm³/mol. The molecule has 0 aliphatic rings. The van der Waals surface area contributed by atoms with Crippen LogP contribution in [-0.4, -0.2) is 62.8 Å². The number of nitrogens with zero attached hydrogens (tertiary/aromatic N) is 8. The third kappa shape index (κ3) is 4.68. The van der Waals surface area contributed by atoms with E-state index in [9.17, 15) is 4.39 Å². The Kier molecular flexibility index (Phi) is 6.52. The van der Waals surface area contributed by atoms with E-state index in [1.165, 1.54) is 23.9 Å². The van der Waals surface area contributed by atoms with Crippen molar-refractivity contribution in [1.82, 2.24) is 34.6 Å². The Morgan fingerprint density at radius 3 is 2.27 bits per heavy atom. The summed E-state index contributed by atoms with van der Waals surface area (Å²) in [6.45, 7) is 4.01. The fourth-order valence-corrected chi connectivity index (χ4v) is 3.60. The second-order valence-electron chi connectivity index (χ2n) is 7.30. The van der Waals surface area contributed by atoms with Crippen LogP contribution in [0.3, 0.4) is 0 Å². The number of anilines is 2. The molecule has 2 aromatic heterocycles. The van der Waals surface area contributed by atoms with Gasteiger partial charge in [-0.25, -0.2) is 4.39 Å². The predicted octanol–water partition coefficient (Wildman–Crippen LogP) is 2.72. The average Bonchev–Trinajstić information content (AvgIpc) is 3.10. The molecule has 11 heteroatoms. The van der Waals surface area contributed by atoms with Gasteiger partial charge in [0, 0.05) is 19.8 Å². The number of nitrogen functional groups attached to an aromatic ring is 1. The minimum absolute atomic E-state index is 0.000345. The first-order chi connectivity index (χ1) is 14.2. The number of halogens is 1. The summed E-state index contributed by atoms with van der Waals surface area (Å²) in [6, 6.07) is 6.27. The molecule has 2 atom stereocenters. The van der Waals surface area contributed by atoms with Gasteiger partial charge in [0.2, 0.25) is 11.9 Å². The molecular formula is C19H26FN9S. The first-order valence-corrected chi connectivity index (χ1v) is 10.3. The Balaban J connectivity index is 2.01. The van der Waals surface area contributed by atoms with Crippen molar-refractivity contribution >= 4 is 23.7 Å². The van der Waals surface area contributed by atoms with Crippen molar-refractivity contribution in [3.63, 3.8) is 0 Å². The summed E-state index contributed by atoms with van der Waals surface area (Å²) in [6.07, 6.45) is 0. The summed E-state index contributed by atoms with van der Waals surface area (Å²) in [7, 11) is 7.63. The fourth-order valence-electron chi connectivity index (χ4n) is 2.68. The van der Waals surface area contributed by atoms with Crippen LogP contribution in [0.4, 0.5) is 16.3 Å². The van der Waals surface area contributed by atoms with E-state index in [1.54, 1.807) is 17.0 Å². The van der Waals surface area contributed by atoms with Crippen LogP contribution in [0.1, 0.15) is 36.8 Å². The molecule has 30 heavy (non-hydrogen) atoms. The van der Waals surface area contributed by atoms with Crippen molar-refractivity contribution < 1.29 is 4.39 Å². The molecule has 0 aliphatic carbocycles. The Morgan fingerprint density at radius 1 is 1.00 bits per heavy atom. The summed E-state index contributed by atoms with van der Waals surface area (Å²) < 4.78 is 15.4. The summed E-state index contributed by atoms with van der Waals surface area (Å²) in [5, 5.41) is 9.31. The second-order valence-corrected chi connectivity index (χ2v) is 8.61. The van der Waals surface area contributed by atoms with E-state index in [0.717, 1.165) is 11.5 Å². The number of benzene rings is 1. The first-order valence-electron chi connectivity index (χ1n) is 9.40. The molecule has 0 spiro atoms. The number of thioether (sulfide) groups is 1. The third-order valence-corrected chi connectivity index (χ3v) is 5.63. The van der Waals surface area contributed by atoms with Crippen molar-refractivity contribution in [2.75, 3.05) is 38.8 Å². The SMILES string of the molecule is CC(Sc1nnc(C(C)N(C)C)n1-c1ccc(F)cc1)c1nc(N)nc(N(C)C)n1. The molecule has 1 aromatic carbocycles. The van der Waals surface area contributed by atoms with Gasteiger partial charge in [0.1, 0.15) is 11.6 Å². The van der Waals surface area contributed by atoms with Crippen LogP contribution in [0.5, 0.6) is 0 Å². The molecular weight excluding hydrogens is 405 g/mol. The van der Waals surface area contributed by atoms with Gasteiger partial charge in [-0.15, -0.1) is 10.2 Å². The number of aromatic nitrogens is 6. The van der Waals surface area contributed by atoms with E-state index < -0.39 is 0 Å². The van der Waals surface area contributed by atoms with E-state index in [-0.39, 0.29) is 23.1 Å². The zero-order valence-electron chi connectivity index (χ0n) is 17.9. The maximum Gasteiger partial charge on any atom is 0.229 e. The zero-order chi connectivity index (χ0) is 22.0. The molecule has 160 valence electrons. The molecule has 0 saturated carbocycles. The number of hydrogen-bond donors (Lipinski definition) is 1. The summed E-state index contributed by atoms with van der Waals surface area (Å²) >= 11 is 1.45. The normalized spacial score (nSPS) is 13.5. The topological polar surface area (TPSA) is 102 Å². The van der Waals surface area contributed by atoms with Crippen LogP contribution >= 0.6 is 11.8 Å². The average molecular weight is 432 g/mol. The lowest BCUT2D eigenvalue weighted by Gasteiger charge is -2.21. The van der Waals surface area contributed by atoms with Gasteiger partial charge in [0.15, 0.2) is 11.0 Å². The molecule has 0 fully saturated rings. The lowest BCUT2D eigenvalue weighted by atomic mass is 10.2. The Morgan fingerprint density at radius 2 is 1.67 bits per heavy atom. The minimum atomic E-state index is -0.298. The van der Waals surface area contributed by atoms with Gasteiger partial charge in [0.25, 0.3) is 0 Å². The third-order valence-electron chi connectivity index (χ3n) is 4.60. The van der Waals surface area contributed by atoms with Crippen LogP contribution in [0.2, 0.25) is 0 Å². The molecule has 0 amide bonds. The maximum atomic E-state index is 13.5. The largest absolute Gasteiger partial charge is 0.368 e. The summed E-state index contributed by atoms with van der Waals surface area (Å²) in [5.41, 5.74) is 6.65. The monoisotopic (exact) mass is 431 g/mol. The van der Waals surface area contributed by atoms with Gasteiger partial charge >= 0.3 is 0 Å². The molecule has 0 saturated heterocycles. The molecule has 0 aliphatic heterocycles. The summed E-state index contributed by atoms with van der Waals surface area (Å²) in [4.78, 5) is 16.7. The molecule has 3 rings (SSSR count). The molecule has 2 unspecified atom stereocenters. The number of nitrogens with two attached hydrogens (primary N) is 1. The minimum Gasteiger partial charge on any atom is -0.368 e. The fraction of sp³-hybridized carbons (Fsp3) is 0.421. The van der Waals surface area contributed by atoms with Gasteiger partial charge < -0.3 is 10.6 Å². The van der Waals surface area contributed by atoms with Crippen molar-refractivity contribution in [2.45, 2.75) is 30.3 Å². The van der Waals surface area contributed by atoms with Gasteiger partial charge in [-0.05, 0) is 52.2 Å². The maximum absolute atomic E-state index is 13.5. The highest BCUT2D eigenvalue weighted by atomic mass is 32.2. The quantitative estimate of drug-likeness (QED) is 0.566. The lowest BCUT2D eigenvalue weighted by Crippen LogP contribution is -2.20. The summed E-state index contributed by atoms with van der Waals surface area (Å²) in [5.74, 6) is 1.66. The first kappa shape index (κ1) is 21.9. The van der Waals surface area contributed by atoms with Crippen LogP contribution in [0.15, 0.2) is 29.4 Å². The highest BCUT2D eigenvalue weighted by molar-refractivity contribution is 7.99. The Bertz CT molecular complexity index is 1000. The number of rotatable bonds is 7. The van der Waals surface area contributed by atoms with Gasteiger partial charge in [-0.2, -0.15) is 15.0 Å². The highest BCUT2D eigenvalue weighted by Crippen LogP contribution is 2.35. The van der Waals surface area contributed by atoms with Gasteiger partial charge in [-0.3, -0.25) is 9.47 Å². The van der Waals surface area contributed by atoms with Crippen LogP contribution in [-0.2, 0) is 0 Å². The molecule has 0 bridgehead atoms. The molecule has 9 nitrogen and oxygen atoms in total. The smallest absolute Gasteiger partial charge is 0.229 e. The molecule has 0 radical (unpaired) electrons. The van der Waals surface area contributed by atoms with E-state index in [4.69, 9.17) is 5.73 Å². The highest BCUT2D eigenvalue weighted by Gasteiger charge is 2.24. The lowest BCUT2D eigenvalue weighted by molar-refractivity contribution is 0.305. The van der Waals surface area contributed by atoms with Crippen LogP contribution < -0.4 is 10.6 Å². The molecule has 2 heterocycles. The van der Waals surface area contributed by atoms with Crippen molar-refractivity contribution in [3.8, 4) is 5.69 Å². The van der Waals surface area contributed by atoms with E-state index in [1.807, 2.05) is 51.5 Å². The Hall–Kier alpha value is -2.79. The zero-order valence-corrected chi connectivity index (χ0v) is 18.7. The van der Waals surface area contributed by atoms with Gasteiger partial charge in [-0.1, -0.05) is 11.8 Å². The van der Waals surface area contributed by atoms with E-state index in [2.05, 4.69) is 25.1 Å². The van der Waals surface area contributed by atoms with Gasteiger partial charge in [0.05, 0.1) is 11.3 Å². The van der Waals surface area contributed by atoms with Crippen molar-refractivity contribution in [3.05, 3.63) is 41.7 Å². The molecule has 2 N–H and O–H groups in total. The van der Waals surface area contributed by atoms with Crippen LogP contribution in [0, 0.1) is 5.82 Å². The van der Waals surface area contributed by atoms with Crippen molar-refractivity contribution in [2.24, 2.45) is 0 Å². The molecule has 3 aromatic rings. The second kappa shape index (κ2) is 8.92. The Labute approximate surface area is 179 Å². The van der Waals surface area contributed by atoms with Crippen LogP contribution in [0.25, 0.3) is 5.69 Å².